The van der Waals surface area contributed by atoms with Crippen molar-refractivity contribution in [1.82, 2.24) is 4.98 Å². The first-order valence-electron chi connectivity index (χ1n) is 11.2. The Hall–Kier alpha value is -2.89. The standard InChI is InChI=1S/C29H27NP/c1-21-14-15-28-26(18-21)27-20-31(17-16-29(27)30-28,24-11-3-2-4-12-24)19-23-10-7-9-22-8-5-6-13-25(22)23/h2-15,18,30H,16-17,19-20H2,1H3/q+1. The number of hydrogen-bond acceptors (Lipinski definition) is 0. The minimum atomic E-state index is -1.41. The van der Waals surface area contributed by atoms with Gasteiger partial charge in [-0.25, -0.2) is 0 Å². The molecule has 0 saturated carbocycles. The molecule has 0 amide bonds. The molecule has 6 rings (SSSR count). The van der Waals surface area contributed by atoms with Crippen molar-refractivity contribution in [2.75, 3.05) is 6.16 Å². The molecule has 2 heterocycles. The van der Waals surface area contributed by atoms with Crippen LogP contribution in [-0.2, 0) is 18.7 Å². The summed E-state index contributed by atoms with van der Waals surface area (Å²) in [5, 5.41) is 5.79. The monoisotopic (exact) mass is 420 g/mol. The molecule has 2 heteroatoms. The quantitative estimate of drug-likeness (QED) is 0.296. The highest BCUT2D eigenvalue weighted by atomic mass is 31.2. The van der Waals surface area contributed by atoms with Gasteiger partial charge in [0.05, 0.1) is 31.1 Å². The van der Waals surface area contributed by atoms with Gasteiger partial charge in [0.15, 0.2) is 0 Å². The van der Waals surface area contributed by atoms with Gasteiger partial charge < -0.3 is 4.98 Å². The molecule has 1 N–H and O–H groups in total. The van der Waals surface area contributed by atoms with Gasteiger partial charge in [0.1, 0.15) is 0 Å². The van der Waals surface area contributed by atoms with Crippen molar-refractivity contribution in [3.8, 4) is 0 Å². The van der Waals surface area contributed by atoms with E-state index < -0.39 is 7.26 Å². The Kier molecular flexibility index (Phi) is 4.47. The van der Waals surface area contributed by atoms with E-state index in [2.05, 4.69) is 103 Å². The molecule has 31 heavy (non-hydrogen) atoms. The third-order valence-electron chi connectivity index (χ3n) is 7.06. The Morgan fingerprint density at radius 3 is 2.52 bits per heavy atom. The van der Waals surface area contributed by atoms with Crippen LogP contribution < -0.4 is 5.30 Å². The first-order chi connectivity index (χ1) is 15.2. The normalized spacial score (nSPS) is 18.4. The number of aryl methyl sites for hydroxylation is 2. The Labute approximate surface area is 184 Å². The van der Waals surface area contributed by atoms with Crippen LogP contribution in [0.1, 0.15) is 22.4 Å². The lowest BCUT2D eigenvalue weighted by Crippen LogP contribution is -2.23. The van der Waals surface area contributed by atoms with E-state index in [1.165, 1.54) is 57.0 Å². The largest absolute Gasteiger partial charge is 0.358 e. The fraction of sp³-hybridized carbons (Fsp3) is 0.172. The first kappa shape index (κ1) is 18.8. The van der Waals surface area contributed by atoms with Crippen molar-refractivity contribution < 1.29 is 0 Å². The van der Waals surface area contributed by atoms with Crippen LogP contribution in [0.25, 0.3) is 21.7 Å². The van der Waals surface area contributed by atoms with Crippen LogP contribution in [0.2, 0.25) is 0 Å². The minimum absolute atomic E-state index is 1.15. The molecule has 0 aliphatic carbocycles. The van der Waals surface area contributed by atoms with Crippen LogP contribution in [0.15, 0.2) is 91.0 Å². The Morgan fingerprint density at radius 2 is 1.61 bits per heavy atom. The van der Waals surface area contributed by atoms with E-state index in [4.69, 9.17) is 0 Å². The number of fused-ring (bicyclic) bond motifs is 4. The maximum absolute atomic E-state index is 3.74. The number of hydrogen-bond donors (Lipinski definition) is 1. The van der Waals surface area contributed by atoms with Gasteiger partial charge in [-0.05, 0) is 47.5 Å². The van der Waals surface area contributed by atoms with Gasteiger partial charge in [0, 0.05) is 28.6 Å². The summed E-state index contributed by atoms with van der Waals surface area (Å²) >= 11 is 0. The van der Waals surface area contributed by atoms with E-state index in [0.717, 1.165) is 6.42 Å². The number of aromatic amines is 1. The topological polar surface area (TPSA) is 15.8 Å². The lowest BCUT2D eigenvalue weighted by molar-refractivity contribution is 1.00. The van der Waals surface area contributed by atoms with Crippen LogP contribution in [0.5, 0.6) is 0 Å². The van der Waals surface area contributed by atoms with Gasteiger partial charge in [-0.15, -0.1) is 0 Å². The summed E-state index contributed by atoms with van der Waals surface area (Å²) in [6, 6.07) is 34.0. The van der Waals surface area contributed by atoms with E-state index in [9.17, 15) is 0 Å². The van der Waals surface area contributed by atoms with Gasteiger partial charge >= 0.3 is 0 Å². The van der Waals surface area contributed by atoms with Gasteiger partial charge in [0.25, 0.3) is 0 Å². The number of H-pyrrole nitrogens is 1. The number of aromatic nitrogens is 1. The van der Waals surface area contributed by atoms with Crippen LogP contribution in [-0.4, -0.2) is 11.1 Å². The second kappa shape index (κ2) is 7.36. The van der Waals surface area contributed by atoms with Crippen molar-refractivity contribution in [3.63, 3.8) is 0 Å². The summed E-state index contributed by atoms with van der Waals surface area (Å²) in [7, 11) is -1.41. The second-order valence-electron chi connectivity index (χ2n) is 9.04. The molecule has 0 spiro atoms. The molecule has 1 aliphatic heterocycles. The zero-order valence-corrected chi connectivity index (χ0v) is 18.8. The number of rotatable bonds is 3. The summed E-state index contributed by atoms with van der Waals surface area (Å²) in [5.74, 6) is 0. The maximum atomic E-state index is 3.74. The average molecular weight is 421 g/mol. The molecule has 1 aliphatic rings. The van der Waals surface area contributed by atoms with Gasteiger partial charge in [-0.1, -0.05) is 72.3 Å². The highest BCUT2D eigenvalue weighted by molar-refractivity contribution is 7.81. The summed E-state index contributed by atoms with van der Waals surface area (Å²) in [6.45, 7) is 2.21. The molecular formula is C29H27NP+. The summed E-state index contributed by atoms with van der Waals surface area (Å²) in [5.41, 5.74) is 7.19. The average Bonchev–Trinajstić information content (AvgIpc) is 3.17. The molecule has 0 saturated heterocycles. The maximum Gasteiger partial charge on any atom is 0.0946 e. The lowest BCUT2D eigenvalue weighted by Gasteiger charge is -2.32. The lowest BCUT2D eigenvalue weighted by atomic mass is 10.1. The van der Waals surface area contributed by atoms with Crippen LogP contribution in [0.3, 0.4) is 0 Å². The van der Waals surface area contributed by atoms with Crippen molar-refractivity contribution in [1.29, 1.82) is 0 Å². The molecule has 0 bridgehead atoms. The number of benzene rings is 4. The predicted molar refractivity (Wildman–Crippen MR) is 136 cm³/mol. The van der Waals surface area contributed by atoms with Crippen LogP contribution in [0, 0.1) is 6.92 Å². The third-order valence-corrected chi connectivity index (χ3v) is 11.4. The van der Waals surface area contributed by atoms with Crippen LogP contribution >= 0.6 is 7.26 Å². The van der Waals surface area contributed by atoms with Gasteiger partial charge in [-0.2, -0.15) is 0 Å². The van der Waals surface area contributed by atoms with Crippen molar-refractivity contribution >= 4 is 34.2 Å². The molecule has 4 aromatic carbocycles. The zero-order valence-electron chi connectivity index (χ0n) is 17.9. The molecule has 1 atom stereocenters. The van der Waals surface area contributed by atoms with Crippen molar-refractivity contribution in [3.05, 3.63) is 113 Å². The highest BCUT2D eigenvalue weighted by Crippen LogP contribution is 2.66. The Bertz CT molecular complexity index is 1390. The molecule has 1 unspecified atom stereocenters. The molecule has 0 fully saturated rings. The molecule has 0 radical (unpaired) electrons. The van der Waals surface area contributed by atoms with Crippen molar-refractivity contribution in [2.24, 2.45) is 0 Å². The summed E-state index contributed by atoms with van der Waals surface area (Å²) in [4.78, 5) is 3.74. The van der Waals surface area contributed by atoms with E-state index in [0.29, 0.717) is 0 Å². The first-order valence-corrected chi connectivity index (χ1v) is 13.5. The Balaban J connectivity index is 1.52. The number of nitrogens with one attached hydrogen (secondary N) is 1. The summed E-state index contributed by atoms with van der Waals surface area (Å²) < 4.78 is 0. The van der Waals surface area contributed by atoms with E-state index in [1.54, 1.807) is 10.9 Å². The van der Waals surface area contributed by atoms with E-state index in [1.807, 2.05) is 0 Å². The third kappa shape index (κ3) is 3.20. The fourth-order valence-electron chi connectivity index (χ4n) is 5.47. The molecule has 152 valence electrons. The molecule has 1 aromatic heterocycles. The summed E-state index contributed by atoms with van der Waals surface area (Å²) in [6.07, 6.45) is 4.80. The predicted octanol–water partition coefficient (Wildman–Crippen LogP) is 7.23. The SMILES string of the molecule is Cc1ccc2[nH]c3c(c2c1)C[P+](Cc1cccc2ccccc12)(c1ccccc1)CC3. The minimum Gasteiger partial charge on any atom is -0.358 e. The van der Waals surface area contributed by atoms with Gasteiger partial charge in [-0.3, -0.25) is 0 Å². The van der Waals surface area contributed by atoms with E-state index in [-0.39, 0.29) is 0 Å². The molecule has 1 nitrogen and oxygen atoms in total. The smallest absolute Gasteiger partial charge is 0.0946 e. The Morgan fingerprint density at radius 1 is 0.806 bits per heavy atom. The molecular weight excluding hydrogens is 393 g/mol. The molecule has 5 aromatic rings. The fourth-order valence-corrected chi connectivity index (χ4v) is 9.87. The van der Waals surface area contributed by atoms with Crippen LogP contribution in [0.4, 0.5) is 0 Å². The van der Waals surface area contributed by atoms with Gasteiger partial charge in [0.2, 0.25) is 0 Å². The van der Waals surface area contributed by atoms with Crippen molar-refractivity contribution in [2.45, 2.75) is 25.7 Å². The van der Waals surface area contributed by atoms with E-state index >= 15 is 0 Å². The zero-order chi connectivity index (χ0) is 20.8. The second-order valence-corrected chi connectivity index (χ2v) is 12.9. The highest BCUT2D eigenvalue weighted by Gasteiger charge is 2.44.